The number of pyridine rings is 3. The molecule has 0 spiro atoms. The van der Waals surface area contributed by atoms with Crippen LogP contribution in [0.1, 0.15) is 17.3 Å². The third-order valence-corrected chi connectivity index (χ3v) is 3.06. The van der Waals surface area contributed by atoms with Gasteiger partial charge in [-0.3, -0.25) is 9.97 Å². The molecule has 0 aliphatic rings. The molecule has 0 amide bonds. The Morgan fingerprint density at radius 1 is 1.14 bits per heavy atom. The summed E-state index contributed by atoms with van der Waals surface area (Å²) in [6, 6.07) is 7.22. The molecule has 0 atom stereocenters. The van der Waals surface area contributed by atoms with Crippen LogP contribution in [0.5, 0.6) is 0 Å². The summed E-state index contributed by atoms with van der Waals surface area (Å²) in [7, 11) is 0. The summed E-state index contributed by atoms with van der Waals surface area (Å²) >= 11 is 0. The maximum Gasteiger partial charge on any atom is 0.340 e. The molecule has 3 heterocycles. The molecule has 0 aromatic carbocycles. The number of carbonyl (C=O) groups is 1. The molecule has 3 aromatic rings. The number of ether oxygens (including phenoxy) is 1. The molecule has 0 aliphatic carbocycles. The van der Waals surface area contributed by atoms with Crippen molar-refractivity contribution in [2.75, 3.05) is 6.61 Å². The Morgan fingerprint density at radius 2 is 1.90 bits per heavy atom. The molecule has 3 aromatic heterocycles. The van der Waals surface area contributed by atoms with Crippen LogP contribution in [0.3, 0.4) is 0 Å². The second-order valence-corrected chi connectivity index (χ2v) is 4.41. The monoisotopic (exact) mass is 279 g/mol. The van der Waals surface area contributed by atoms with Crippen LogP contribution < -0.4 is 0 Å². The molecule has 0 N–H and O–H groups in total. The van der Waals surface area contributed by atoms with Crippen LogP contribution >= 0.6 is 0 Å². The number of rotatable bonds is 3. The van der Waals surface area contributed by atoms with Crippen LogP contribution in [-0.2, 0) is 4.74 Å². The van der Waals surface area contributed by atoms with Gasteiger partial charge in [0.1, 0.15) is 0 Å². The standard InChI is InChI=1S/C16H13N3O2/c1-2-21-16(20)13-9-12-10-18-8-5-14(12)19-15(13)11-3-6-17-7-4-11/h3-10H,2H2,1H3. The van der Waals surface area contributed by atoms with Crippen molar-refractivity contribution >= 4 is 16.9 Å². The summed E-state index contributed by atoms with van der Waals surface area (Å²) in [5, 5.41) is 0.804. The molecule has 3 rings (SSSR count). The lowest BCUT2D eigenvalue weighted by Crippen LogP contribution is -2.08. The molecule has 104 valence electrons. The topological polar surface area (TPSA) is 65.0 Å². The zero-order valence-corrected chi connectivity index (χ0v) is 11.5. The minimum Gasteiger partial charge on any atom is -0.462 e. The molecule has 0 saturated heterocycles. The van der Waals surface area contributed by atoms with Crippen LogP contribution in [0.25, 0.3) is 22.2 Å². The van der Waals surface area contributed by atoms with E-state index in [-0.39, 0.29) is 5.97 Å². The third-order valence-electron chi connectivity index (χ3n) is 3.06. The molecule has 0 bridgehead atoms. The van der Waals surface area contributed by atoms with Gasteiger partial charge in [-0.15, -0.1) is 0 Å². The quantitative estimate of drug-likeness (QED) is 0.690. The SMILES string of the molecule is CCOC(=O)c1cc2cnccc2nc1-c1ccncc1. The van der Waals surface area contributed by atoms with E-state index in [0.29, 0.717) is 17.9 Å². The number of esters is 1. The van der Waals surface area contributed by atoms with Crippen molar-refractivity contribution in [3.8, 4) is 11.3 Å². The number of nitrogens with zero attached hydrogens (tertiary/aromatic N) is 3. The first-order valence-corrected chi connectivity index (χ1v) is 6.62. The first-order valence-electron chi connectivity index (χ1n) is 6.62. The van der Waals surface area contributed by atoms with E-state index < -0.39 is 0 Å². The molecule has 0 fully saturated rings. The largest absolute Gasteiger partial charge is 0.462 e. The maximum atomic E-state index is 12.2. The lowest BCUT2D eigenvalue weighted by Gasteiger charge is -2.09. The molecule has 5 nitrogen and oxygen atoms in total. The number of aromatic nitrogens is 3. The Kier molecular flexibility index (Phi) is 3.55. The third kappa shape index (κ3) is 2.58. The molecular weight excluding hydrogens is 266 g/mol. The van der Waals surface area contributed by atoms with Gasteiger partial charge < -0.3 is 4.74 Å². The highest BCUT2D eigenvalue weighted by atomic mass is 16.5. The highest BCUT2D eigenvalue weighted by Crippen LogP contribution is 2.25. The van der Waals surface area contributed by atoms with Crippen molar-refractivity contribution < 1.29 is 9.53 Å². The Hall–Kier alpha value is -2.82. The van der Waals surface area contributed by atoms with Gasteiger partial charge in [-0.2, -0.15) is 0 Å². The fraction of sp³-hybridized carbons (Fsp3) is 0.125. The summed E-state index contributed by atoms with van der Waals surface area (Å²) in [4.78, 5) is 24.8. The number of hydrogen-bond donors (Lipinski definition) is 0. The second-order valence-electron chi connectivity index (χ2n) is 4.41. The average Bonchev–Trinajstić information content (AvgIpc) is 2.54. The summed E-state index contributed by atoms with van der Waals surface area (Å²) in [6.45, 7) is 2.10. The molecular formula is C16H13N3O2. The van der Waals surface area contributed by atoms with E-state index in [9.17, 15) is 4.79 Å². The van der Waals surface area contributed by atoms with Gasteiger partial charge in [-0.05, 0) is 31.2 Å². The van der Waals surface area contributed by atoms with Crippen LogP contribution in [0.4, 0.5) is 0 Å². The minimum absolute atomic E-state index is 0.319. The van der Waals surface area contributed by atoms with E-state index in [0.717, 1.165) is 16.5 Å². The van der Waals surface area contributed by atoms with Gasteiger partial charge in [-0.1, -0.05) is 0 Å². The van der Waals surface area contributed by atoms with Crippen molar-refractivity contribution in [1.29, 1.82) is 0 Å². The van der Waals surface area contributed by atoms with Gasteiger partial charge in [0, 0.05) is 35.7 Å². The highest BCUT2D eigenvalue weighted by molar-refractivity contribution is 6.00. The molecule has 0 aliphatic heterocycles. The number of hydrogen-bond acceptors (Lipinski definition) is 5. The van der Waals surface area contributed by atoms with Crippen molar-refractivity contribution in [2.45, 2.75) is 6.92 Å². The second kappa shape index (κ2) is 5.66. The fourth-order valence-electron chi connectivity index (χ4n) is 2.11. The molecule has 5 heteroatoms. The highest BCUT2D eigenvalue weighted by Gasteiger charge is 2.16. The first-order chi connectivity index (χ1) is 10.3. The summed E-state index contributed by atoms with van der Waals surface area (Å²) in [5.74, 6) is -0.387. The molecule has 21 heavy (non-hydrogen) atoms. The van der Waals surface area contributed by atoms with Crippen LogP contribution in [0.2, 0.25) is 0 Å². The maximum absolute atomic E-state index is 12.2. The predicted octanol–water partition coefficient (Wildman–Crippen LogP) is 2.87. The van der Waals surface area contributed by atoms with E-state index in [1.54, 1.807) is 37.8 Å². The summed E-state index contributed by atoms with van der Waals surface area (Å²) in [6.07, 6.45) is 6.70. The van der Waals surface area contributed by atoms with Gasteiger partial charge in [0.05, 0.1) is 23.4 Å². The Bertz CT molecular complexity index is 788. The van der Waals surface area contributed by atoms with Gasteiger partial charge >= 0.3 is 5.97 Å². The molecule has 0 unspecified atom stereocenters. The lowest BCUT2D eigenvalue weighted by atomic mass is 10.1. The lowest BCUT2D eigenvalue weighted by molar-refractivity contribution is 0.0527. The molecule has 0 radical (unpaired) electrons. The van der Waals surface area contributed by atoms with Crippen molar-refractivity contribution in [3.63, 3.8) is 0 Å². The van der Waals surface area contributed by atoms with Gasteiger partial charge in [0.15, 0.2) is 0 Å². The Morgan fingerprint density at radius 3 is 2.67 bits per heavy atom. The van der Waals surface area contributed by atoms with E-state index in [1.165, 1.54) is 0 Å². The summed E-state index contributed by atoms with van der Waals surface area (Å²) in [5.41, 5.74) is 2.63. The van der Waals surface area contributed by atoms with Crippen LogP contribution in [-0.4, -0.2) is 27.5 Å². The van der Waals surface area contributed by atoms with Crippen molar-refractivity contribution in [3.05, 3.63) is 54.6 Å². The normalized spacial score (nSPS) is 10.5. The Labute approximate surface area is 121 Å². The average molecular weight is 279 g/mol. The van der Waals surface area contributed by atoms with Crippen molar-refractivity contribution in [1.82, 2.24) is 15.0 Å². The van der Waals surface area contributed by atoms with E-state index in [1.807, 2.05) is 18.2 Å². The van der Waals surface area contributed by atoms with Crippen LogP contribution in [0, 0.1) is 0 Å². The predicted molar refractivity (Wildman–Crippen MR) is 78.7 cm³/mol. The smallest absolute Gasteiger partial charge is 0.340 e. The zero-order valence-electron chi connectivity index (χ0n) is 11.5. The van der Waals surface area contributed by atoms with Gasteiger partial charge in [0.25, 0.3) is 0 Å². The Balaban J connectivity index is 2.24. The zero-order chi connectivity index (χ0) is 14.7. The number of fused-ring (bicyclic) bond motifs is 1. The first kappa shape index (κ1) is 13.2. The number of carbonyl (C=O) groups excluding carboxylic acids is 1. The van der Waals surface area contributed by atoms with Crippen LogP contribution in [0.15, 0.2) is 49.1 Å². The van der Waals surface area contributed by atoms with Gasteiger partial charge in [-0.25, -0.2) is 9.78 Å². The van der Waals surface area contributed by atoms with E-state index in [2.05, 4.69) is 15.0 Å². The van der Waals surface area contributed by atoms with E-state index in [4.69, 9.17) is 4.74 Å². The minimum atomic E-state index is -0.387. The van der Waals surface area contributed by atoms with Crippen molar-refractivity contribution in [2.24, 2.45) is 0 Å². The van der Waals surface area contributed by atoms with E-state index >= 15 is 0 Å². The van der Waals surface area contributed by atoms with Gasteiger partial charge in [0.2, 0.25) is 0 Å². The molecule has 0 saturated carbocycles. The summed E-state index contributed by atoms with van der Waals surface area (Å²) < 4.78 is 5.12. The fourth-order valence-corrected chi connectivity index (χ4v) is 2.11.